The third-order valence-electron chi connectivity index (χ3n) is 4.51. The molecule has 0 unspecified atom stereocenters. The number of hydrogen-bond donors (Lipinski definition) is 1. The third kappa shape index (κ3) is 6.44. The van der Waals surface area contributed by atoms with E-state index in [0.29, 0.717) is 0 Å². The van der Waals surface area contributed by atoms with Gasteiger partial charge in [0, 0.05) is 38.6 Å². The molecule has 0 aliphatic heterocycles. The molecule has 0 amide bonds. The fraction of sp³-hybridized carbons (Fsp3) is 0.455. The highest BCUT2D eigenvalue weighted by Crippen LogP contribution is 2.27. The lowest BCUT2D eigenvalue weighted by atomic mass is 10.1. The second-order valence-electron chi connectivity index (χ2n) is 6.65. The molecule has 0 bridgehead atoms. The minimum absolute atomic E-state index is 0.730. The van der Waals surface area contributed by atoms with Crippen molar-refractivity contribution in [3.63, 3.8) is 0 Å². The van der Waals surface area contributed by atoms with E-state index in [1.807, 2.05) is 31.3 Å². The van der Waals surface area contributed by atoms with Gasteiger partial charge < -0.3 is 19.7 Å². The summed E-state index contributed by atoms with van der Waals surface area (Å²) in [7, 11) is 5.38. The molecule has 0 atom stereocenters. The van der Waals surface area contributed by atoms with Crippen LogP contribution in [0.5, 0.6) is 11.5 Å². The van der Waals surface area contributed by atoms with Crippen LogP contribution in [0, 0.1) is 6.92 Å². The maximum Gasteiger partial charge on any atom is 0.193 e. The first kappa shape index (κ1) is 21.5. The van der Waals surface area contributed by atoms with E-state index >= 15 is 0 Å². The number of nitrogens with zero attached hydrogens (tertiary/aromatic N) is 3. The predicted molar refractivity (Wildman–Crippen MR) is 115 cm³/mol. The topological polar surface area (TPSA) is 59.0 Å². The SMILES string of the molecule is CCNC(=NCCc1ccc(C)nc1)N(C)CCc1ccc(OC)c(OC)c1. The van der Waals surface area contributed by atoms with Gasteiger partial charge in [-0.05, 0) is 56.0 Å². The van der Waals surface area contributed by atoms with E-state index in [9.17, 15) is 0 Å². The molecule has 0 aliphatic rings. The molecule has 152 valence electrons. The Morgan fingerprint density at radius 2 is 1.82 bits per heavy atom. The maximum absolute atomic E-state index is 5.39. The van der Waals surface area contributed by atoms with Crippen molar-refractivity contribution in [3.8, 4) is 11.5 Å². The molecule has 1 N–H and O–H groups in total. The molecule has 2 rings (SSSR count). The van der Waals surface area contributed by atoms with E-state index in [1.54, 1.807) is 14.2 Å². The number of ether oxygens (including phenoxy) is 2. The van der Waals surface area contributed by atoms with Crippen LogP contribution in [0.1, 0.15) is 23.7 Å². The summed E-state index contributed by atoms with van der Waals surface area (Å²) >= 11 is 0. The Morgan fingerprint density at radius 3 is 2.46 bits per heavy atom. The lowest BCUT2D eigenvalue weighted by Gasteiger charge is -2.22. The molecule has 6 nitrogen and oxygen atoms in total. The average Bonchev–Trinajstić information content (AvgIpc) is 2.72. The van der Waals surface area contributed by atoms with Gasteiger partial charge in [0.05, 0.1) is 14.2 Å². The number of aliphatic imine (C=N–C) groups is 1. The second-order valence-corrected chi connectivity index (χ2v) is 6.65. The monoisotopic (exact) mass is 384 g/mol. The van der Waals surface area contributed by atoms with Gasteiger partial charge in [0.25, 0.3) is 0 Å². The van der Waals surface area contributed by atoms with Crippen molar-refractivity contribution in [2.45, 2.75) is 26.7 Å². The molecule has 0 aliphatic carbocycles. The first-order valence-corrected chi connectivity index (χ1v) is 9.69. The van der Waals surface area contributed by atoms with Gasteiger partial charge in [0.15, 0.2) is 17.5 Å². The van der Waals surface area contributed by atoms with Crippen molar-refractivity contribution in [3.05, 3.63) is 53.3 Å². The Bertz CT molecular complexity index is 760. The Hall–Kier alpha value is -2.76. The van der Waals surface area contributed by atoms with E-state index in [2.05, 4.69) is 41.3 Å². The van der Waals surface area contributed by atoms with Gasteiger partial charge in [0.1, 0.15) is 0 Å². The first-order valence-electron chi connectivity index (χ1n) is 9.69. The first-order chi connectivity index (χ1) is 13.6. The highest BCUT2D eigenvalue weighted by molar-refractivity contribution is 5.79. The summed E-state index contributed by atoms with van der Waals surface area (Å²) in [5.41, 5.74) is 3.44. The fourth-order valence-corrected chi connectivity index (χ4v) is 2.85. The largest absolute Gasteiger partial charge is 0.493 e. The molecule has 0 radical (unpaired) electrons. The van der Waals surface area contributed by atoms with E-state index in [4.69, 9.17) is 14.5 Å². The zero-order valence-electron chi connectivity index (χ0n) is 17.7. The molecule has 0 spiro atoms. The average molecular weight is 385 g/mol. The molecule has 1 aromatic carbocycles. The summed E-state index contributed by atoms with van der Waals surface area (Å²) in [6.45, 7) is 6.51. The van der Waals surface area contributed by atoms with Gasteiger partial charge in [-0.1, -0.05) is 12.1 Å². The van der Waals surface area contributed by atoms with Crippen molar-refractivity contribution in [1.29, 1.82) is 0 Å². The lowest BCUT2D eigenvalue weighted by molar-refractivity contribution is 0.354. The molecule has 1 heterocycles. The zero-order chi connectivity index (χ0) is 20.4. The number of benzene rings is 1. The Kier molecular flexibility index (Phi) is 8.59. The van der Waals surface area contributed by atoms with Gasteiger partial charge in [-0.15, -0.1) is 0 Å². The second kappa shape index (κ2) is 11.2. The van der Waals surface area contributed by atoms with Gasteiger partial charge in [-0.3, -0.25) is 9.98 Å². The lowest BCUT2D eigenvalue weighted by Crippen LogP contribution is -2.40. The number of aromatic nitrogens is 1. The van der Waals surface area contributed by atoms with Crippen LogP contribution in [0.4, 0.5) is 0 Å². The smallest absolute Gasteiger partial charge is 0.193 e. The highest BCUT2D eigenvalue weighted by Gasteiger charge is 2.08. The van der Waals surface area contributed by atoms with Crippen molar-refractivity contribution in [2.24, 2.45) is 4.99 Å². The molecule has 0 saturated carbocycles. The van der Waals surface area contributed by atoms with Gasteiger partial charge in [0.2, 0.25) is 0 Å². The summed E-state index contributed by atoms with van der Waals surface area (Å²) in [6, 6.07) is 10.2. The van der Waals surface area contributed by atoms with Crippen molar-refractivity contribution in [1.82, 2.24) is 15.2 Å². The van der Waals surface area contributed by atoms with Gasteiger partial charge in [-0.25, -0.2) is 0 Å². The quantitative estimate of drug-likeness (QED) is 0.532. The summed E-state index contributed by atoms with van der Waals surface area (Å²) < 4.78 is 10.7. The van der Waals surface area contributed by atoms with Crippen molar-refractivity contribution < 1.29 is 9.47 Å². The van der Waals surface area contributed by atoms with Crippen LogP contribution in [0.15, 0.2) is 41.5 Å². The van der Waals surface area contributed by atoms with E-state index in [0.717, 1.165) is 55.6 Å². The van der Waals surface area contributed by atoms with Crippen LogP contribution in [0.25, 0.3) is 0 Å². The summed E-state index contributed by atoms with van der Waals surface area (Å²) in [6.07, 6.45) is 3.70. The zero-order valence-corrected chi connectivity index (χ0v) is 17.7. The normalized spacial score (nSPS) is 11.2. The number of aryl methyl sites for hydroxylation is 1. The summed E-state index contributed by atoms with van der Waals surface area (Å²) in [4.78, 5) is 11.3. The van der Waals surface area contributed by atoms with E-state index in [1.165, 1.54) is 11.1 Å². The molecule has 2 aromatic rings. The number of pyridine rings is 1. The summed E-state index contributed by atoms with van der Waals surface area (Å²) in [5.74, 6) is 2.43. The molecular weight excluding hydrogens is 352 g/mol. The summed E-state index contributed by atoms with van der Waals surface area (Å²) in [5, 5.41) is 3.37. The van der Waals surface area contributed by atoms with Crippen LogP contribution in [-0.2, 0) is 12.8 Å². The Labute approximate surface area is 168 Å². The predicted octanol–water partition coefficient (Wildman–Crippen LogP) is 3.09. The van der Waals surface area contributed by atoms with Crippen LogP contribution in [-0.4, -0.2) is 56.7 Å². The third-order valence-corrected chi connectivity index (χ3v) is 4.51. The molecule has 6 heteroatoms. The minimum atomic E-state index is 0.730. The Morgan fingerprint density at radius 1 is 1.07 bits per heavy atom. The van der Waals surface area contributed by atoms with Crippen LogP contribution >= 0.6 is 0 Å². The van der Waals surface area contributed by atoms with Crippen molar-refractivity contribution >= 4 is 5.96 Å². The number of likely N-dealkylation sites (N-methyl/N-ethyl adjacent to an activating group) is 1. The molecule has 0 fully saturated rings. The number of guanidine groups is 1. The van der Waals surface area contributed by atoms with Gasteiger partial charge >= 0.3 is 0 Å². The minimum Gasteiger partial charge on any atom is -0.493 e. The van der Waals surface area contributed by atoms with Crippen molar-refractivity contribution in [2.75, 3.05) is 40.9 Å². The molecule has 0 saturated heterocycles. The molecule has 28 heavy (non-hydrogen) atoms. The standard InChI is InChI=1S/C22H32N4O2/c1-6-23-22(24-13-11-19-8-7-17(2)25-16-19)26(3)14-12-18-9-10-20(27-4)21(15-18)28-5/h7-10,15-16H,6,11-14H2,1-5H3,(H,23,24). The van der Waals surface area contributed by atoms with Crippen LogP contribution < -0.4 is 14.8 Å². The molecular formula is C22H32N4O2. The highest BCUT2D eigenvalue weighted by atomic mass is 16.5. The van der Waals surface area contributed by atoms with Crippen LogP contribution in [0.3, 0.4) is 0 Å². The van der Waals surface area contributed by atoms with E-state index in [-0.39, 0.29) is 0 Å². The van der Waals surface area contributed by atoms with Gasteiger partial charge in [-0.2, -0.15) is 0 Å². The number of hydrogen-bond acceptors (Lipinski definition) is 4. The number of nitrogens with one attached hydrogen (secondary N) is 1. The van der Waals surface area contributed by atoms with E-state index < -0.39 is 0 Å². The number of rotatable bonds is 9. The molecule has 1 aromatic heterocycles. The fourth-order valence-electron chi connectivity index (χ4n) is 2.85. The number of methoxy groups -OCH3 is 2. The Balaban J connectivity index is 1.94. The maximum atomic E-state index is 5.39. The van der Waals surface area contributed by atoms with Crippen LogP contribution in [0.2, 0.25) is 0 Å².